The van der Waals surface area contributed by atoms with E-state index < -0.39 is 0 Å². The maximum Gasteiger partial charge on any atom is 0.136 e. The molecule has 0 aliphatic carbocycles. The van der Waals surface area contributed by atoms with Gasteiger partial charge in [-0.3, -0.25) is 0 Å². The number of rotatable bonds is 1. The van der Waals surface area contributed by atoms with Crippen LogP contribution in [-0.2, 0) is 6.54 Å². The predicted molar refractivity (Wildman–Crippen MR) is 50.3 cm³/mol. The highest BCUT2D eigenvalue weighted by Crippen LogP contribution is 2.03. The molecular formula is C8H10ClN3. The molecule has 4 heteroatoms. The Morgan fingerprint density at radius 3 is 3.00 bits per heavy atom. The predicted octanol–water partition coefficient (Wildman–Crippen LogP) is 1.21. The lowest BCUT2D eigenvalue weighted by atomic mass is 10.4. The molecule has 3 nitrogen and oxygen atoms in total. The molecule has 0 amide bonds. The molecule has 0 bridgehead atoms. The summed E-state index contributed by atoms with van der Waals surface area (Å²) in [5.41, 5.74) is 7.49. The molecule has 2 aromatic heterocycles. The van der Waals surface area contributed by atoms with Gasteiger partial charge in [0.2, 0.25) is 0 Å². The molecule has 12 heavy (non-hydrogen) atoms. The molecular weight excluding hydrogens is 174 g/mol. The quantitative estimate of drug-likeness (QED) is 0.723. The van der Waals surface area contributed by atoms with E-state index in [1.165, 1.54) is 0 Å². The highest BCUT2D eigenvalue weighted by Gasteiger charge is 1.97. The summed E-state index contributed by atoms with van der Waals surface area (Å²) in [6.07, 6.45) is 3.76. The van der Waals surface area contributed by atoms with E-state index in [0.29, 0.717) is 6.54 Å². The number of aromatic nitrogens is 2. The van der Waals surface area contributed by atoms with Crippen LogP contribution < -0.4 is 5.73 Å². The third-order valence-corrected chi connectivity index (χ3v) is 1.70. The van der Waals surface area contributed by atoms with Gasteiger partial charge in [0.15, 0.2) is 0 Å². The minimum Gasteiger partial charge on any atom is -0.325 e. The van der Waals surface area contributed by atoms with Gasteiger partial charge < -0.3 is 10.1 Å². The number of pyridine rings is 1. The fourth-order valence-electron chi connectivity index (χ4n) is 1.14. The number of nitrogens with zero attached hydrogens (tertiary/aromatic N) is 2. The van der Waals surface area contributed by atoms with Crippen molar-refractivity contribution in [3.05, 3.63) is 36.3 Å². The third kappa shape index (κ3) is 1.29. The van der Waals surface area contributed by atoms with Gasteiger partial charge >= 0.3 is 0 Å². The summed E-state index contributed by atoms with van der Waals surface area (Å²) < 4.78 is 1.99. The first-order chi connectivity index (χ1) is 5.42. The zero-order valence-electron chi connectivity index (χ0n) is 6.47. The summed E-state index contributed by atoms with van der Waals surface area (Å²) in [6, 6.07) is 5.88. The fraction of sp³-hybridized carbons (Fsp3) is 0.125. The van der Waals surface area contributed by atoms with Gasteiger partial charge in [-0.15, -0.1) is 12.4 Å². The number of hydrogen-bond donors (Lipinski definition) is 1. The lowest BCUT2D eigenvalue weighted by molar-refractivity contribution is 0.959. The topological polar surface area (TPSA) is 43.3 Å². The van der Waals surface area contributed by atoms with Gasteiger partial charge in [0.05, 0.1) is 11.9 Å². The van der Waals surface area contributed by atoms with Crippen molar-refractivity contribution in [1.29, 1.82) is 0 Å². The van der Waals surface area contributed by atoms with E-state index in [4.69, 9.17) is 5.73 Å². The van der Waals surface area contributed by atoms with Crippen LogP contribution >= 0.6 is 12.4 Å². The van der Waals surface area contributed by atoms with Gasteiger partial charge in [0.1, 0.15) is 5.65 Å². The molecule has 0 atom stereocenters. The average molecular weight is 184 g/mol. The van der Waals surface area contributed by atoms with Gasteiger partial charge in [0, 0.05) is 12.7 Å². The summed E-state index contributed by atoms with van der Waals surface area (Å²) >= 11 is 0. The molecule has 0 fully saturated rings. The van der Waals surface area contributed by atoms with Crippen LogP contribution in [0.3, 0.4) is 0 Å². The molecule has 2 aromatic rings. The fourth-order valence-corrected chi connectivity index (χ4v) is 1.14. The van der Waals surface area contributed by atoms with Crippen molar-refractivity contribution in [1.82, 2.24) is 9.38 Å². The van der Waals surface area contributed by atoms with Crippen LogP contribution in [-0.4, -0.2) is 9.38 Å². The average Bonchev–Trinajstić information content (AvgIpc) is 2.47. The smallest absolute Gasteiger partial charge is 0.136 e. The first-order valence-electron chi connectivity index (χ1n) is 3.53. The molecule has 0 radical (unpaired) electrons. The van der Waals surface area contributed by atoms with Crippen molar-refractivity contribution < 1.29 is 0 Å². The first-order valence-corrected chi connectivity index (χ1v) is 3.53. The standard InChI is InChI=1S/C8H9N3.ClH/c9-5-7-6-10-8-3-1-2-4-11(7)8;/h1-4,6H,5,9H2;1H. The van der Waals surface area contributed by atoms with E-state index in [9.17, 15) is 0 Å². The van der Waals surface area contributed by atoms with E-state index in [1.807, 2.05) is 28.8 Å². The first kappa shape index (κ1) is 9.03. The Kier molecular flexibility index (Phi) is 2.68. The molecule has 0 aliphatic rings. The van der Waals surface area contributed by atoms with Crippen LogP contribution in [0.15, 0.2) is 30.6 Å². The molecule has 0 saturated heterocycles. The van der Waals surface area contributed by atoms with Crippen molar-refractivity contribution in [3.8, 4) is 0 Å². The molecule has 0 aromatic carbocycles. The van der Waals surface area contributed by atoms with Crippen molar-refractivity contribution in [2.45, 2.75) is 6.54 Å². The normalized spacial score (nSPS) is 9.75. The van der Waals surface area contributed by atoms with Crippen molar-refractivity contribution >= 4 is 18.1 Å². The minimum absolute atomic E-state index is 0. The Labute approximate surface area is 76.6 Å². The van der Waals surface area contributed by atoms with Crippen LogP contribution in [0, 0.1) is 0 Å². The Morgan fingerprint density at radius 2 is 2.25 bits per heavy atom. The van der Waals surface area contributed by atoms with E-state index in [2.05, 4.69) is 4.98 Å². The maximum atomic E-state index is 5.50. The Balaban J connectivity index is 0.000000720. The summed E-state index contributed by atoms with van der Waals surface area (Å²) in [7, 11) is 0. The Bertz CT molecular complexity index is 369. The van der Waals surface area contributed by atoms with E-state index >= 15 is 0 Å². The lowest BCUT2D eigenvalue weighted by Gasteiger charge is -1.95. The SMILES string of the molecule is Cl.NCc1cnc2ccccn12. The van der Waals surface area contributed by atoms with Crippen molar-refractivity contribution in [2.75, 3.05) is 0 Å². The summed E-state index contributed by atoms with van der Waals surface area (Å²) in [5.74, 6) is 0. The second-order valence-electron chi connectivity index (χ2n) is 2.38. The highest BCUT2D eigenvalue weighted by molar-refractivity contribution is 5.85. The molecule has 0 spiro atoms. The monoisotopic (exact) mass is 183 g/mol. The highest BCUT2D eigenvalue weighted by atomic mass is 35.5. The van der Waals surface area contributed by atoms with Gasteiger partial charge in [-0.05, 0) is 12.1 Å². The second-order valence-corrected chi connectivity index (χ2v) is 2.38. The molecule has 2 heterocycles. The van der Waals surface area contributed by atoms with Crippen LogP contribution in [0.25, 0.3) is 5.65 Å². The third-order valence-electron chi connectivity index (χ3n) is 1.70. The minimum atomic E-state index is 0. The molecule has 0 aliphatic heterocycles. The molecule has 0 saturated carbocycles. The van der Waals surface area contributed by atoms with Crippen LogP contribution in [0.2, 0.25) is 0 Å². The molecule has 2 rings (SSSR count). The lowest BCUT2D eigenvalue weighted by Crippen LogP contribution is -1.99. The number of nitrogens with two attached hydrogens (primary N) is 1. The molecule has 2 N–H and O–H groups in total. The molecule has 0 unspecified atom stereocenters. The van der Waals surface area contributed by atoms with E-state index in [-0.39, 0.29) is 12.4 Å². The van der Waals surface area contributed by atoms with Crippen LogP contribution in [0.4, 0.5) is 0 Å². The summed E-state index contributed by atoms with van der Waals surface area (Å²) in [4.78, 5) is 4.17. The van der Waals surface area contributed by atoms with E-state index in [0.717, 1.165) is 11.3 Å². The summed E-state index contributed by atoms with van der Waals surface area (Å²) in [5, 5.41) is 0. The van der Waals surface area contributed by atoms with Gasteiger partial charge in [0.25, 0.3) is 0 Å². The Hall–Kier alpha value is -1.06. The zero-order valence-corrected chi connectivity index (χ0v) is 7.29. The molecule has 64 valence electrons. The van der Waals surface area contributed by atoms with Gasteiger partial charge in [-0.2, -0.15) is 0 Å². The Morgan fingerprint density at radius 1 is 1.42 bits per heavy atom. The number of halogens is 1. The number of imidazole rings is 1. The van der Waals surface area contributed by atoms with Crippen LogP contribution in [0.5, 0.6) is 0 Å². The zero-order chi connectivity index (χ0) is 7.68. The van der Waals surface area contributed by atoms with Crippen molar-refractivity contribution in [2.24, 2.45) is 5.73 Å². The van der Waals surface area contributed by atoms with Gasteiger partial charge in [-0.1, -0.05) is 6.07 Å². The largest absolute Gasteiger partial charge is 0.325 e. The van der Waals surface area contributed by atoms with E-state index in [1.54, 1.807) is 6.20 Å². The maximum absolute atomic E-state index is 5.50. The number of fused-ring (bicyclic) bond motifs is 1. The van der Waals surface area contributed by atoms with Gasteiger partial charge in [-0.25, -0.2) is 4.98 Å². The van der Waals surface area contributed by atoms with Crippen LogP contribution in [0.1, 0.15) is 5.69 Å². The number of hydrogen-bond acceptors (Lipinski definition) is 2. The summed E-state index contributed by atoms with van der Waals surface area (Å²) in [6.45, 7) is 0.533. The second kappa shape index (κ2) is 3.56. The van der Waals surface area contributed by atoms with Crippen molar-refractivity contribution in [3.63, 3.8) is 0 Å².